The minimum atomic E-state index is 0.211. The third-order valence-corrected chi connectivity index (χ3v) is 5.16. The summed E-state index contributed by atoms with van der Waals surface area (Å²) in [4.78, 5) is 7.29. The molecule has 1 saturated heterocycles. The molecule has 1 aromatic heterocycles. The van der Waals surface area contributed by atoms with Crippen LogP contribution in [0.15, 0.2) is 72.9 Å². The molecule has 2 heterocycles. The normalized spacial score (nSPS) is 16.3. The van der Waals surface area contributed by atoms with Crippen molar-refractivity contribution in [1.82, 2.24) is 15.2 Å². The van der Waals surface area contributed by atoms with Gasteiger partial charge in [-0.15, -0.1) is 0 Å². The maximum absolute atomic E-state index is 4.75. The largest absolute Gasteiger partial charge is 0.314 e. The van der Waals surface area contributed by atoms with E-state index in [-0.39, 0.29) is 6.04 Å². The third-order valence-electron chi connectivity index (χ3n) is 5.16. The van der Waals surface area contributed by atoms with Gasteiger partial charge in [0.15, 0.2) is 0 Å². The summed E-state index contributed by atoms with van der Waals surface area (Å²) in [6.07, 6.45) is 1.91. The summed E-state index contributed by atoms with van der Waals surface area (Å²) in [5.74, 6) is 0. The number of rotatable bonds is 4. The Morgan fingerprint density at radius 2 is 1.54 bits per heavy atom. The smallest absolute Gasteiger partial charge is 0.0780 e. The lowest BCUT2D eigenvalue weighted by Gasteiger charge is -2.35. The number of aryl methyl sites for hydroxylation is 1. The lowest BCUT2D eigenvalue weighted by molar-refractivity contribution is 0.195. The van der Waals surface area contributed by atoms with Crippen molar-refractivity contribution in [3.05, 3.63) is 89.7 Å². The molecule has 1 fully saturated rings. The molecule has 132 valence electrons. The van der Waals surface area contributed by atoms with Crippen LogP contribution in [-0.4, -0.2) is 36.1 Å². The summed E-state index contributed by atoms with van der Waals surface area (Å²) >= 11 is 0. The first kappa shape index (κ1) is 17.0. The maximum atomic E-state index is 4.75. The molecular formula is C23H25N3. The highest BCUT2D eigenvalue weighted by molar-refractivity contribution is 5.63. The summed E-state index contributed by atoms with van der Waals surface area (Å²) in [6, 6.07) is 23.9. The predicted octanol–water partition coefficient (Wildman–Crippen LogP) is 4.05. The highest BCUT2D eigenvalue weighted by Crippen LogP contribution is 2.31. The van der Waals surface area contributed by atoms with E-state index in [1.807, 2.05) is 12.3 Å². The van der Waals surface area contributed by atoms with E-state index in [1.165, 1.54) is 27.9 Å². The van der Waals surface area contributed by atoms with E-state index >= 15 is 0 Å². The molecule has 0 spiro atoms. The first-order valence-electron chi connectivity index (χ1n) is 9.34. The van der Waals surface area contributed by atoms with E-state index in [4.69, 9.17) is 4.98 Å². The Kier molecular flexibility index (Phi) is 5.09. The molecule has 0 amide bonds. The van der Waals surface area contributed by atoms with Crippen molar-refractivity contribution in [2.75, 3.05) is 26.2 Å². The lowest BCUT2D eigenvalue weighted by Crippen LogP contribution is -2.45. The second-order valence-electron chi connectivity index (χ2n) is 6.88. The van der Waals surface area contributed by atoms with Crippen molar-refractivity contribution >= 4 is 0 Å². The van der Waals surface area contributed by atoms with Gasteiger partial charge in [-0.3, -0.25) is 9.88 Å². The second kappa shape index (κ2) is 7.81. The topological polar surface area (TPSA) is 28.2 Å². The zero-order valence-electron chi connectivity index (χ0n) is 15.2. The number of hydrogen-bond acceptors (Lipinski definition) is 3. The van der Waals surface area contributed by atoms with Gasteiger partial charge in [0.2, 0.25) is 0 Å². The van der Waals surface area contributed by atoms with Gasteiger partial charge in [0.25, 0.3) is 0 Å². The minimum absolute atomic E-state index is 0.211. The molecule has 3 heteroatoms. The van der Waals surface area contributed by atoms with E-state index in [9.17, 15) is 0 Å². The fraction of sp³-hybridized carbons (Fsp3) is 0.261. The van der Waals surface area contributed by atoms with E-state index in [2.05, 4.69) is 77.8 Å². The first-order valence-corrected chi connectivity index (χ1v) is 9.34. The molecule has 1 aliphatic heterocycles. The van der Waals surface area contributed by atoms with E-state index in [0.717, 1.165) is 26.2 Å². The van der Waals surface area contributed by atoms with Crippen LogP contribution in [0.5, 0.6) is 0 Å². The highest BCUT2D eigenvalue weighted by Gasteiger charge is 2.26. The summed E-state index contributed by atoms with van der Waals surface area (Å²) < 4.78 is 0. The molecule has 1 aliphatic rings. The SMILES string of the molecule is Cc1cccnc1C(c1ccc(-c2ccccc2)cc1)N1CCNCC1. The number of benzene rings is 2. The van der Waals surface area contributed by atoms with Gasteiger partial charge in [-0.25, -0.2) is 0 Å². The zero-order chi connectivity index (χ0) is 17.8. The van der Waals surface area contributed by atoms with Gasteiger partial charge in [-0.1, -0.05) is 60.7 Å². The zero-order valence-corrected chi connectivity index (χ0v) is 15.2. The number of aromatic nitrogens is 1. The molecule has 2 aromatic carbocycles. The number of pyridine rings is 1. The standard InChI is InChI=1S/C23H25N3/c1-18-6-5-13-25-22(18)23(26-16-14-24-15-17-26)21-11-9-20(10-12-21)19-7-3-2-4-8-19/h2-13,23-24H,14-17H2,1H3. The van der Waals surface area contributed by atoms with Gasteiger partial charge in [0.1, 0.15) is 0 Å². The third kappa shape index (κ3) is 3.55. The molecular weight excluding hydrogens is 318 g/mol. The second-order valence-corrected chi connectivity index (χ2v) is 6.88. The van der Waals surface area contributed by atoms with Crippen LogP contribution in [0.1, 0.15) is 22.9 Å². The Morgan fingerprint density at radius 1 is 0.846 bits per heavy atom. The fourth-order valence-electron chi connectivity index (χ4n) is 3.75. The van der Waals surface area contributed by atoms with Crippen LogP contribution in [0, 0.1) is 6.92 Å². The van der Waals surface area contributed by atoms with Crippen molar-refractivity contribution in [1.29, 1.82) is 0 Å². The van der Waals surface area contributed by atoms with Crippen LogP contribution in [0.25, 0.3) is 11.1 Å². The quantitative estimate of drug-likeness (QED) is 0.774. The van der Waals surface area contributed by atoms with Crippen LogP contribution in [0.2, 0.25) is 0 Å². The van der Waals surface area contributed by atoms with Crippen molar-refractivity contribution < 1.29 is 0 Å². The summed E-state index contributed by atoms with van der Waals surface area (Å²) in [7, 11) is 0. The van der Waals surface area contributed by atoms with Gasteiger partial charge in [0, 0.05) is 32.4 Å². The first-order chi connectivity index (χ1) is 12.8. The van der Waals surface area contributed by atoms with Gasteiger partial charge < -0.3 is 5.32 Å². The monoisotopic (exact) mass is 343 g/mol. The molecule has 3 aromatic rings. The molecule has 26 heavy (non-hydrogen) atoms. The number of piperazine rings is 1. The van der Waals surface area contributed by atoms with Crippen LogP contribution in [0.3, 0.4) is 0 Å². The van der Waals surface area contributed by atoms with Crippen molar-refractivity contribution in [3.8, 4) is 11.1 Å². The van der Waals surface area contributed by atoms with Gasteiger partial charge >= 0.3 is 0 Å². The maximum Gasteiger partial charge on any atom is 0.0780 e. The molecule has 1 atom stereocenters. The molecule has 0 radical (unpaired) electrons. The van der Waals surface area contributed by atoms with E-state index in [0.29, 0.717) is 0 Å². The predicted molar refractivity (Wildman–Crippen MR) is 107 cm³/mol. The molecule has 1 N–H and O–H groups in total. The average Bonchev–Trinajstić information content (AvgIpc) is 2.72. The average molecular weight is 343 g/mol. The van der Waals surface area contributed by atoms with Gasteiger partial charge in [-0.2, -0.15) is 0 Å². The lowest BCUT2D eigenvalue weighted by atomic mass is 9.95. The Morgan fingerprint density at radius 3 is 2.23 bits per heavy atom. The molecule has 0 bridgehead atoms. The molecule has 3 nitrogen and oxygen atoms in total. The Hall–Kier alpha value is -2.49. The molecule has 1 unspecified atom stereocenters. The van der Waals surface area contributed by atoms with Crippen molar-refractivity contribution in [2.24, 2.45) is 0 Å². The van der Waals surface area contributed by atoms with E-state index in [1.54, 1.807) is 0 Å². The minimum Gasteiger partial charge on any atom is -0.314 e. The Balaban J connectivity index is 1.71. The van der Waals surface area contributed by atoms with Gasteiger partial charge in [0.05, 0.1) is 11.7 Å². The van der Waals surface area contributed by atoms with Crippen LogP contribution < -0.4 is 5.32 Å². The van der Waals surface area contributed by atoms with Crippen molar-refractivity contribution in [2.45, 2.75) is 13.0 Å². The van der Waals surface area contributed by atoms with Gasteiger partial charge in [-0.05, 0) is 35.2 Å². The van der Waals surface area contributed by atoms with Crippen LogP contribution in [0.4, 0.5) is 0 Å². The molecule has 4 rings (SSSR count). The summed E-state index contributed by atoms with van der Waals surface area (Å²) in [5.41, 5.74) is 6.25. The van der Waals surface area contributed by atoms with Crippen LogP contribution >= 0.6 is 0 Å². The summed E-state index contributed by atoms with van der Waals surface area (Å²) in [5, 5.41) is 3.46. The number of nitrogens with zero attached hydrogens (tertiary/aromatic N) is 2. The number of nitrogens with one attached hydrogen (secondary N) is 1. The van der Waals surface area contributed by atoms with Crippen LogP contribution in [-0.2, 0) is 0 Å². The Labute approximate surface area is 155 Å². The highest BCUT2D eigenvalue weighted by atomic mass is 15.2. The molecule has 0 saturated carbocycles. The number of hydrogen-bond donors (Lipinski definition) is 1. The fourth-order valence-corrected chi connectivity index (χ4v) is 3.75. The summed E-state index contributed by atoms with van der Waals surface area (Å²) in [6.45, 7) is 6.31. The van der Waals surface area contributed by atoms with Crippen molar-refractivity contribution in [3.63, 3.8) is 0 Å². The molecule has 0 aliphatic carbocycles. The Bertz CT molecular complexity index is 837. The van der Waals surface area contributed by atoms with E-state index < -0.39 is 0 Å².